The monoisotopic (exact) mass is 257 g/mol. The number of hydrogen-bond acceptors (Lipinski definition) is 4. The van der Waals surface area contributed by atoms with Gasteiger partial charge in [-0.2, -0.15) is 0 Å². The van der Waals surface area contributed by atoms with E-state index in [0.717, 1.165) is 0 Å². The lowest BCUT2D eigenvalue weighted by molar-refractivity contribution is 0.0451. The van der Waals surface area contributed by atoms with Crippen molar-refractivity contribution in [1.82, 2.24) is 4.98 Å². The first-order valence-electron chi connectivity index (χ1n) is 5.80. The quantitative estimate of drug-likeness (QED) is 0.761. The Morgan fingerprint density at radius 1 is 1.26 bits per heavy atom. The van der Waals surface area contributed by atoms with Crippen LogP contribution in [-0.2, 0) is 4.74 Å². The summed E-state index contributed by atoms with van der Waals surface area (Å²) < 4.78 is 5.20. The topological polar surface area (TPSA) is 79.4 Å². The van der Waals surface area contributed by atoms with Crippen molar-refractivity contribution < 1.29 is 14.6 Å². The number of esters is 1. The van der Waals surface area contributed by atoms with Crippen LogP contribution in [0.1, 0.15) is 33.3 Å². The number of aromatic amines is 1. The molecule has 0 amide bonds. The van der Waals surface area contributed by atoms with Crippen molar-refractivity contribution in [1.29, 1.82) is 0 Å². The number of nitrogens with one attached hydrogen (secondary N) is 1. The van der Waals surface area contributed by atoms with Gasteiger partial charge in [0.25, 0.3) is 5.56 Å². The number of aromatic nitrogens is 1. The van der Waals surface area contributed by atoms with Crippen molar-refractivity contribution in [3.05, 3.63) is 63.1 Å². The Bertz CT molecular complexity index is 732. The highest BCUT2D eigenvalue weighted by Crippen LogP contribution is 2.37. The Kier molecular flexibility index (Phi) is 2.41. The van der Waals surface area contributed by atoms with E-state index in [1.165, 1.54) is 6.07 Å². The SMILES string of the molecule is Cc1cc(O)c([C@H]2OC(=O)c3ccccc32)c(=O)[nH]1. The average molecular weight is 257 g/mol. The minimum absolute atomic E-state index is 0.0592. The van der Waals surface area contributed by atoms with E-state index in [1.807, 2.05) is 0 Å². The van der Waals surface area contributed by atoms with Gasteiger partial charge in [0.1, 0.15) is 11.3 Å². The first kappa shape index (κ1) is 11.5. The molecule has 2 N–H and O–H groups in total. The number of ether oxygens (including phenoxy) is 1. The zero-order valence-electron chi connectivity index (χ0n) is 10.1. The van der Waals surface area contributed by atoms with E-state index >= 15 is 0 Å². The van der Waals surface area contributed by atoms with E-state index in [1.54, 1.807) is 31.2 Å². The number of H-pyrrole nitrogens is 1. The summed E-state index contributed by atoms with van der Waals surface area (Å²) in [5, 5.41) is 9.93. The number of rotatable bonds is 1. The van der Waals surface area contributed by atoms with Crippen LogP contribution in [0.3, 0.4) is 0 Å². The molecule has 0 unspecified atom stereocenters. The highest BCUT2D eigenvalue weighted by atomic mass is 16.5. The van der Waals surface area contributed by atoms with E-state index in [4.69, 9.17) is 4.74 Å². The van der Waals surface area contributed by atoms with Gasteiger partial charge in [0, 0.05) is 11.3 Å². The largest absolute Gasteiger partial charge is 0.507 e. The molecule has 0 saturated carbocycles. The zero-order chi connectivity index (χ0) is 13.6. The molecule has 1 aromatic carbocycles. The number of hydrogen-bond donors (Lipinski definition) is 2. The number of aromatic hydroxyl groups is 1. The number of carbonyl (C=O) groups is 1. The van der Waals surface area contributed by atoms with Crippen LogP contribution in [0.4, 0.5) is 0 Å². The fourth-order valence-corrected chi connectivity index (χ4v) is 2.29. The molecule has 5 nitrogen and oxygen atoms in total. The van der Waals surface area contributed by atoms with Gasteiger partial charge in [-0.1, -0.05) is 18.2 Å². The van der Waals surface area contributed by atoms with Crippen molar-refractivity contribution in [2.75, 3.05) is 0 Å². The number of benzene rings is 1. The maximum absolute atomic E-state index is 12.0. The van der Waals surface area contributed by atoms with Crippen LogP contribution < -0.4 is 5.56 Å². The van der Waals surface area contributed by atoms with Crippen LogP contribution in [0.2, 0.25) is 0 Å². The highest BCUT2D eigenvalue weighted by Gasteiger charge is 2.35. The third-order valence-electron chi connectivity index (χ3n) is 3.13. The summed E-state index contributed by atoms with van der Waals surface area (Å²) in [7, 11) is 0. The van der Waals surface area contributed by atoms with Gasteiger partial charge in [-0.3, -0.25) is 4.79 Å². The summed E-state index contributed by atoms with van der Waals surface area (Å²) in [6.07, 6.45) is -0.854. The van der Waals surface area contributed by atoms with E-state index in [-0.39, 0.29) is 11.3 Å². The molecule has 96 valence electrons. The van der Waals surface area contributed by atoms with Gasteiger partial charge in [0.15, 0.2) is 6.10 Å². The molecule has 0 aliphatic carbocycles. The second kappa shape index (κ2) is 3.98. The molecule has 5 heteroatoms. The van der Waals surface area contributed by atoms with Crippen LogP contribution in [0.5, 0.6) is 5.75 Å². The Labute approximate surface area is 108 Å². The standard InChI is InChI=1S/C14H11NO4/c1-7-6-10(16)11(13(17)15-7)12-8-4-2-3-5-9(8)14(18)19-12/h2-6,12H,1H3,(H2,15,16,17)/t12-/m0/s1. The third kappa shape index (κ3) is 1.71. The van der Waals surface area contributed by atoms with Gasteiger partial charge in [-0.15, -0.1) is 0 Å². The Morgan fingerprint density at radius 3 is 2.74 bits per heavy atom. The molecule has 0 bridgehead atoms. The molecular formula is C14H11NO4. The summed E-state index contributed by atoms with van der Waals surface area (Å²) in [6, 6.07) is 8.27. The molecule has 0 spiro atoms. The van der Waals surface area contributed by atoms with Crippen LogP contribution in [0.15, 0.2) is 35.1 Å². The van der Waals surface area contributed by atoms with E-state index in [9.17, 15) is 14.7 Å². The number of pyridine rings is 1. The van der Waals surface area contributed by atoms with Crippen LogP contribution >= 0.6 is 0 Å². The molecule has 0 saturated heterocycles. The Morgan fingerprint density at radius 2 is 2.00 bits per heavy atom. The smallest absolute Gasteiger partial charge is 0.339 e. The molecule has 2 aromatic rings. The molecule has 0 radical (unpaired) electrons. The molecule has 19 heavy (non-hydrogen) atoms. The maximum atomic E-state index is 12.0. The molecule has 1 aliphatic rings. The van der Waals surface area contributed by atoms with Crippen LogP contribution in [-0.4, -0.2) is 16.1 Å². The average Bonchev–Trinajstić information content (AvgIpc) is 2.67. The number of aryl methyl sites for hydroxylation is 1. The summed E-state index contributed by atoms with van der Waals surface area (Å²) in [6.45, 7) is 1.67. The van der Waals surface area contributed by atoms with Crippen LogP contribution in [0, 0.1) is 6.92 Å². The second-order valence-corrected chi connectivity index (χ2v) is 4.45. The molecule has 3 rings (SSSR count). The lowest BCUT2D eigenvalue weighted by Gasteiger charge is -2.12. The fraction of sp³-hybridized carbons (Fsp3) is 0.143. The first-order valence-corrected chi connectivity index (χ1v) is 5.80. The van der Waals surface area contributed by atoms with Crippen molar-refractivity contribution in [3.63, 3.8) is 0 Å². The first-order chi connectivity index (χ1) is 9.08. The normalized spacial score (nSPS) is 17.1. The zero-order valence-corrected chi connectivity index (χ0v) is 10.1. The minimum Gasteiger partial charge on any atom is -0.507 e. The summed E-state index contributed by atoms with van der Waals surface area (Å²) >= 11 is 0. The summed E-state index contributed by atoms with van der Waals surface area (Å²) in [4.78, 5) is 26.3. The fourth-order valence-electron chi connectivity index (χ4n) is 2.29. The van der Waals surface area contributed by atoms with E-state index in [0.29, 0.717) is 16.8 Å². The maximum Gasteiger partial charge on any atom is 0.339 e. The molecule has 0 fully saturated rings. The van der Waals surface area contributed by atoms with Gasteiger partial charge >= 0.3 is 5.97 Å². The van der Waals surface area contributed by atoms with Gasteiger partial charge < -0.3 is 14.8 Å². The molecule has 1 aromatic heterocycles. The summed E-state index contributed by atoms with van der Waals surface area (Å²) in [5.41, 5.74) is 1.17. The third-order valence-corrected chi connectivity index (χ3v) is 3.13. The molecular weight excluding hydrogens is 246 g/mol. The predicted octanol–water partition coefficient (Wildman–Crippen LogP) is 1.65. The van der Waals surface area contributed by atoms with Crippen molar-refractivity contribution in [3.8, 4) is 5.75 Å². The van der Waals surface area contributed by atoms with Gasteiger partial charge in [0.05, 0.1) is 5.56 Å². The molecule has 1 aliphatic heterocycles. The minimum atomic E-state index is -0.854. The lowest BCUT2D eigenvalue weighted by atomic mass is 9.99. The lowest BCUT2D eigenvalue weighted by Crippen LogP contribution is -2.18. The Hall–Kier alpha value is -2.56. The summed E-state index contributed by atoms with van der Waals surface area (Å²) in [5.74, 6) is -0.657. The van der Waals surface area contributed by atoms with Crippen molar-refractivity contribution in [2.24, 2.45) is 0 Å². The highest BCUT2D eigenvalue weighted by molar-refractivity contribution is 5.94. The van der Waals surface area contributed by atoms with E-state index in [2.05, 4.69) is 4.98 Å². The number of fused-ring (bicyclic) bond motifs is 1. The van der Waals surface area contributed by atoms with Gasteiger partial charge in [-0.25, -0.2) is 4.79 Å². The number of carbonyl (C=O) groups excluding carboxylic acids is 1. The number of cyclic esters (lactones) is 1. The second-order valence-electron chi connectivity index (χ2n) is 4.45. The predicted molar refractivity (Wildman–Crippen MR) is 67.2 cm³/mol. The van der Waals surface area contributed by atoms with Crippen molar-refractivity contribution >= 4 is 5.97 Å². The van der Waals surface area contributed by atoms with Gasteiger partial charge in [-0.05, 0) is 19.1 Å². The molecule has 1 atom stereocenters. The van der Waals surface area contributed by atoms with E-state index < -0.39 is 17.6 Å². The Balaban J connectivity index is 2.21. The molecule has 2 heterocycles. The van der Waals surface area contributed by atoms with Gasteiger partial charge in [0.2, 0.25) is 0 Å². The van der Waals surface area contributed by atoms with Crippen molar-refractivity contribution in [2.45, 2.75) is 13.0 Å². The van der Waals surface area contributed by atoms with Crippen LogP contribution in [0.25, 0.3) is 0 Å².